The molecular formula is C10H13N3. The van der Waals surface area contributed by atoms with Gasteiger partial charge in [-0.3, -0.25) is 0 Å². The molecule has 0 aliphatic rings. The summed E-state index contributed by atoms with van der Waals surface area (Å²) in [7, 11) is 0. The molecule has 0 saturated heterocycles. The number of benzene rings is 1. The minimum atomic E-state index is -0.0498. The first-order valence-corrected chi connectivity index (χ1v) is 4.35. The molecule has 1 aromatic carbocycles. The van der Waals surface area contributed by atoms with Crippen LogP contribution in [0.3, 0.4) is 0 Å². The normalized spacial score (nSPS) is 12.2. The van der Waals surface area contributed by atoms with Crippen LogP contribution in [0.15, 0.2) is 35.4 Å². The Balaban J connectivity index is 2.95. The molecule has 0 amide bonds. The number of hydrogen-bond acceptors (Lipinski definition) is 1. The smallest absolute Gasteiger partial charge is 0.0648 e. The number of azide groups is 1. The van der Waals surface area contributed by atoms with Gasteiger partial charge in [-0.05, 0) is 17.0 Å². The van der Waals surface area contributed by atoms with Crippen LogP contribution >= 0.6 is 0 Å². The standard InChI is InChI=1S/C10H13N3/c1-8(2)10(12-13-11)9-6-4-3-5-7-9/h3-8,10H,1-2H3. The predicted octanol–water partition coefficient (Wildman–Crippen LogP) is 3.69. The predicted molar refractivity (Wildman–Crippen MR) is 53.2 cm³/mol. The first-order valence-electron chi connectivity index (χ1n) is 4.35. The van der Waals surface area contributed by atoms with E-state index in [1.54, 1.807) is 0 Å². The molecule has 3 nitrogen and oxygen atoms in total. The zero-order valence-electron chi connectivity index (χ0n) is 7.88. The van der Waals surface area contributed by atoms with Crippen LogP contribution in [-0.2, 0) is 0 Å². The van der Waals surface area contributed by atoms with Gasteiger partial charge in [-0.15, -0.1) is 0 Å². The zero-order valence-corrected chi connectivity index (χ0v) is 7.88. The second-order valence-corrected chi connectivity index (χ2v) is 3.30. The highest BCUT2D eigenvalue weighted by molar-refractivity contribution is 5.19. The molecule has 1 unspecified atom stereocenters. The first kappa shape index (κ1) is 9.62. The topological polar surface area (TPSA) is 48.8 Å². The number of nitrogens with zero attached hydrogens (tertiary/aromatic N) is 3. The van der Waals surface area contributed by atoms with Crippen LogP contribution in [0.4, 0.5) is 0 Å². The lowest BCUT2D eigenvalue weighted by Crippen LogP contribution is -2.02. The maximum absolute atomic E-state index is 8.41. The highest BCUT2D eigenvalue weighted by atomic mass is 15.1. The van der Waals surface area contributed by atoms with Crippen LogP contribution in [0.1, 0.15) is 25.5 Å². The molecule has 0 N–H and O–H groups in total. The number of rotatable bonds is 3. The Labute approximate surface area is 78.0 Å². The van der Waals surface area contributed by atoms with E-state index in [0.717, 1.165) is 5.56 Å². The van der Waals surface area contributed by atoms with Crippen molar-refractivity contribution in [2.75, 3.05) is 0 Å². The molecular weight excluding hydrogens is 162 g/mol. The lowest BCUT2D eigenvalue weighted by Gasteiger charge is -2.14. The summed E-state index contributed by atoms with van der Waals surface area (Å²) in [5.74, 6) is 0.332. The van der Waals surface area contributed by atoms with Gasteiger partial charge in [0.05, 0.1) is 6.04 Å². The fraction of sp³-hybridized carbons (Fsp3) is 0.400. The van der Waals surface area contributed by atoms with Crippen molar-refractivity contribution in [3.8, 4) is 0 Å². The molecule has 0 aliphatic carbocycles. The van der Waals surface area contributed by atoms with E-state index in [4.69, 9.17) is 5.53 Å². The van der Waals surface area contributed by atoms with E-state index in [1.807, 2.05) is 44.2 Å². The Morgan fingerprint density at radius 3 is 2.31 bits per heavy atom. The van der Waals surface area contributed by atoms with Crippen LogP contribution in [0.2, 0.25) is 0 Å². The van der Waals surface area contributed by atoms with Crippen LogP contribution < -0.4 is 0 Å². The average molecular weight is 175 g/mol. The summed E-state index contributed by atoms with van der Waals surface area (Å²) in [5, 5.41) is 3.77. The molecule has 0 radical (unpaired) electrons. The summed E-state index contributed by atoms with van der Waals surface area (Å²) in [4.78, 5) is 2.86. The van der Waals surface area contributed by atoms with Gasteiger partial charge in [0.1, 0.15) is 0 Å². The maximum atomic E-state index is 8.41. The molecule has 0 bridgehead atoms. The van der Waals surface area contributed by atoms with E-state index in [2.05, 4.69) is 10.0 Å². The minimum Gasteiger partial charge on any atom is -0.0856 e. The molecule has 13 heavy (non-hydrogen) atoms. The summed E-state index contributed by atoms with van der Waals surface area (Å²) in [6, 6.07) is 9.79. The molecule has 0 saturated carbocycles. The van der Waals surface area contributed by atoms with E-state index in [-0.39, 0.29) is 6.04 Å². The summed E-state index contributed by atoms with van der Waals surface area (Å²) in [6.07, 6.45) is 0. The van der Waals surface area contributed by atoms with Gasteiger partial charge >= 0.3 is 0 Å². The molecule has 0 aromatic heterocycles. The van der Waals surface area contributed by atoms with Crippen LogP contribution in [0.25, 0.3) is 10.4 Å². The molecule has 1 rings (SSSR count). The van der Waals surface area contributed by atoms with Gasteiger partial charge in [0, 0.05) is 4.91 Å². The lowest BCUT2D eigenvalue weighted by molar-refractivity contribution is 0.512. The summed E-state index contributed by atoms with van der Waals surface area (Å²) in [6.45, 7) is 4.10. The molecule has 0 heterocycles. The zero-order chi connectivity index (χ0) is 9.68. The Morgan fingerprint density at radius 1 is 1.23 bits per heavy atom. The fourth-order valence-electron chi connectivity index (χ4n) is 1.29. The van der Waals surface area contributed by atoms with Crippen molar-refractivity contribution in [2.45, 2.75) is 19.9 Å². The third-order valence-corrected chi connectivity index (χ3v) is 1.95. The van der Waals surface area contributed by atoms with Gasteiger partial charge in [0.25, 0.3) is 0 Å². The molecule has 68 valence electrons. The highest BCUT2D eigenvalue weighted by Gasteiger charge is 2.12. The monoisotopic (exact) mass is 175 g/mol. The van der Waals surface area contributed by atoms with Gasteiger partial charge in [-0.25, -0.2) is 0 Å². The summed E-state index contributed by atoms with van der Waals surface area (Å²) in [5.41, 5.74) is 9.48. The van der Waals surface area contributed by atoms with Crippen molar-refractivity contribution >= 4 is 0 Å². The van der Waals surface area contributed by atoms with E-state index in [0.29, 0.717) is 5.92 Å². The molecule has 0 fully saturated rings. The Hall–Kier alpha value is -1.47. The first-order chi connectivity index (χ1) is 6.25. The van der Waals surface area contributed by atoms with Crippen molar-refractivity contribution in [3.05, 3.63) is 46.3 Å². The fourth-order valence-corrected chi connectivity index (χ4v) is 1.29. The van der Waals surface area contributed by atoms with Crippen LogP contribution in [0.5, 0.6) is 0 Å². The van der Waals surface area contributed by atoms with E-state index in [1.165, 1.54) is 0 Å². The van der Waals surface area contributed by atoms with Crippen molar-refractivity contribution < 1.29 is 0 Å². The minimum absolute atomic E-state index is 0.0498. The maximum Gasteiger partial charge on any atom is 0.0648 e. The van der Waals surface area contributed by atoms with Crippen molar-refractivity contribution in [1.29, 1.82) is 0 Å². The van der Waals surface area contributed by atoms with Crippen LogP contribution in [0, 0.1) is 5.92 Å². The molecule has 0 spiro atoms. The van der Waals surface area contributed by atoms with Crippen molar-refractivity contribution in [2.24, 2.45) is 11.0 Å². The van der Waals surface area contributed by atoms with Crippen molar-refractivity contribution in [3.63, 3.8) is 0 Å². The second-order valence-electron chi connectivity index (χ2n) is 3.30. The SMILES string of the molecule is CC(C)C(N=[N+]=[N-])c1ccccc1. The average Bonchev–Trinajstić information content (AvgIpc) is 2.15. The largest absolute Gasteiger partial charge is 0.0856 e. The highest BCUT2D eigenvalue weighted by Crippen LogP contribution is 2.25. The lowest BCUT2D eigenvalue weighted by atomic mass is 9.97. The van der Waals surface area contributed by atoms with Gasteiger partial charge in [0.15, 0.2) is 0 Å². The quantitative estimate of drug-likeness (QED) is 0.382. The molecule has 3 heteroatoms. The summed E-state index contributed by atoms with van der Waals surface area (Å²) < 4.78 is 0. The molecule has 1 aromatic rings. The van der Waals surface area contributed by atoms with Gasteiger partial charge in [0.2, 0.25) is 0 Å². The van der Waals surface area contributed by atoms with E-state index in [9.17, 15) is 0 Å². The van der Waals surface area contributed by atoms with Gasteiger partial charge < -0.3 is 0 Å². The third-order valence-electron chi connectivity index (χ3n) is 1.95. The van der Waals surface area contributed by atoms with Crippen LogP contribution in [-0.4, -0.2) is 0 Å². The van der Waals surface area contributed by atoms with E-state index < -0.39 is 0 Å². The Morgan fingerprint density at radius 2 is 1.85 bits per heavy atom. The Kier molecular flexibility index (Phi) is 3.35. The van der Waals surface area contributed by atoms with Gasteiger partial charge in [-0.2, -0.15) is 0 Å². The third kappa shape index (κ3) is 2.49. The van der Waals surface area contributed by atoms with Gasteiger partial charge in [-0.1, -0.05) is 49.3 Å². The molecule has 0 aliphatic heterocycles. The Bertz CT molecular complexity index is 299. The second kappa shape index (κ2) is 4.53. The van der Waals surface area contributed by atoms with E-state index >= 15 is 0 Å². The van der Waals surface area contributed by atoms with Crippen molar-refractivity contribution in [1.82, 2.24) is 0 Å². The number of hydrogen-bond donors (Lipinski definition) is 0. The molecule has 1 atom stereocenters. The summed E-state index contributed by atoms with van der Waals surface area (Å²) >= 11 is 0.